The molecule has 0 spiro atoms. The number of amides is 2. The number of halogens is 1. The maximum Gasteiger partial charge on any atom is 0.247 e. The standard InChI is InChI=1S/C16H17FN4O2/c1-10-13(20-16(23)12-6-4-8-15(22)19-12)9-18-21(10)14-7-3-2-5-11(14)17/h2-3,5,7,9,12H,4,6,8H2,1H3,(H,19,22)(H,20,23)/t12-/m1/s1. The smallest absolute Gasteiger partial charge is 0.247 e. The third kappa shape index (κ3) is 3.08. The molecule has 0 unspecified atom stereocenters. The predicted molar refractivity (Wildman–Crippen MR) is 82.7 cm³/mol. The molecule has 1 aromatic carbocycles. The van der Waals surface area contributed by atoms with E-state index in [9.17, 15) is 14.0 Å². The first kappa shape index (κ1) is 15.2. The fourth-order valence-corrected chi connectivity index (χ4v) is 2.62. The van der Waals surface area contributed by atoms with E-state index in [-0.39, 0.29) is 11.8 Å². The molecule has 1 aliphatic rings. The lowest BCUT2D eigenvalue weighted by Gasteiger charge is -2.22. The number of rotatable bonds is 3. The van der Waals surface area contributed by atoms with Crippen LogP contribution in [0.5, 0.6) is 0 Å². The number of para-hydroxylation sites is 1. The van der Waals surface area contributed by atoms with E-state index in [1.54, 1.807) is 25.1 Å². The van der Waals surface area contributed by atoms with E-state index < -0.39 is 11.9 Å². The van der Waals surface area contributed by atoms with Gasteiger partial charge >= 0.3 is 0 Å². The van der Waals surface area contributed by atoms with Crippen LogP contribution in [-0.2, 0) is 9.59 Å². The fraction of sp³-hybridized carbons (Fsp3) is 0.312. The second kappa shape index (κ2) is 6.20. The van der Waals surface area contributed by atoms with Gasteiger partial charge in [0.15, 0.2) is 0 Å². The molecule has 2 N–H and O–H groups in total. The molecular weight excluding hydrogens is 299 g/mol. The maximum atomic E-state index is 13.9. The van der Waals surface area contributed by atoms with Crippen LogP contribution in [0.3, 0.4) is 0 Å². The Balaban J connectivity index is 1.78. The molecule has 0 aliphatic carbocycles. The van der Waals surface area contributed by atoms with Crippen molar-refractivity contribution in [3.8, 4) is 5.69 Å². The lowest BCUT2D eigenvalue weighted by atomic mass is 10.0. The van der Waals surface area contributed by atoms with Crippen molar-refractivity contribution in [3.05, 3.63) is 42.0 Å². The topological polar surface area (TPSA) is 76.0 Å². The minimum atomic E-state index is -0.535. The number of piperidine rings is 1. The average molecular weight is 316 g/mol. The highest BCUT2D eigenvalue weighted by molar-refractivity contribution is 5.98. The third-order valence-corrected chi connectivity index (χ3v) is 3.90. The number of benzene rings is 1. The first-order chi connectivity index (χ1) is 11.1. The molecule has 2 amide bonds. The SMILES string of the molecule is Cc1c(NC(=O)[C@H]2CCCC(=O)N2)cnn1-c1ccccc1F. The Hall–Kier alpha value is -2.70. The molecule has 6 nitrogen and oxygen atoms in total. The second-order valence-electron chi connectivity index (χ2n) is 5.51. The molecule has 0 bridgehead atoms. The highest BCUT2D eigenvalue weighted by atomic mass is 19.1. The van der Waals surface area contributed by atoms with E-state index in [4.69, 9.17) is 0 Å². The van der Waals surface area contributed by atoms with Crippen molar-refractivity contribution in [2.45, 2.75) is 32.2 Å². The van der Waals surface area contributed by atoms with Gasteiger partial charge in [-0.2, -0.15) is 5.10 Å². The molecule has 0 saturated carbocycles. The van der Waals surface area contributed by atoms with Crippen molar-refractivity contribution in [1.29, 1.82) is 0 Å². The van der Waals surface area contributed by atoms with Gasteiger partial charge < -0.3 is 10.6 Å². The Kier molecular flexibility index (Phi) is 4.10. The number of anilines is 1. The van der Waals surface area contributed by atoms with Crippen LogP contribution in [0.15, 0.2) is 30.5 Å². The molecule has 120 valence electrons. The minimum Gasteiger partial charge on any atom is -0.344 e. The van der Waals surface area contributed by atoms with Crippen molar-refractivity contribution in [3.63, 3.8) is 0 Å². The van der Waals surface area contributed by atoms with Crippen molar-refractivity contribution >= 4 is 17.5 Å². The van der Waals surface area contributed by atoms with Gasteiger partial charge in [-0.3, -0.25) is 9.59 Å². The molecule has 1 saturated heterocycles. The quantitative estimate of drug-likeness (QED) is 0.908. The van der Waals surface area contributed by atoms with Gasteiger partial charge in [0.1, 0.15) is 17.5 Å². The normalized spacial score (nSPS) is 17.7. The molecule has 0 radical (unpaired) electrons. The van der Waals surface area contributed by atoms with Gasteiger partial charge in [0, 0.05) is 6.42 Å². The second-order valence-corrected chi connectivity index (χ2v) is 5.51. The van der Waals surface area contributed by atoms with Gasteiger partial charge in [-0.25, -0.2) is 9.07 Å². The van der Waals surface area contributed by atoms with Crippen LogP contribution in [0.2, 0.25) is 0 Å². The molecule has 2 aromatic rings. The average Bonchev–Trinajstić information content (AvgIpc) is 2.89. The Morgan fingerprint density at radius 3 is 2.96 bits per heavy atom. The number of hydrogen-bond acceptors (Lipinski definition) is 3. The van der Waals surface area contributed by atoms with Gasteiger partial charge in [-0.15, -0.1) is 0 Å². The van der Waals surface area contributed by atoms with E-state index >= 15 is 0 Å². The lowest BCUT2D eigenvalue weighted by molar-refractivity contribution is -0.128. The molecule has 23 heavy (non-hydrogen) atoms. The molecule has 1 aromatic heterocycles. The Morgan fingerprint density at radius 2 is 2.22 bits per heavy atom. The molecule has 2 heterocycles. The Bertz CT molecular complexity index is 756. The number of carbonyl (C=O) groups is 2. The van der Waals surface area contributed by atoms with Gasteiger partial charge in [0.2, 0.25) is 11.8 Å². The summed E-state index contributed by atoms with van der Waals surface area (Å²) in [5.74, 6) is -0.791. The molecule has 1 atom stereocenters. The van der Waals surface area contributed by atoms with Crippen molar-refractivity contribution < 1.29 is 14.0 Å². The van der Waals surface area contributed by atoms with Crippen LogP contribution in [-0.4, -0.2) is 27.6 Å². The number of hydrogen-bond donors (Lipinski definition) is 2. The van der Waals surface area contributed by atoms with E-state index in [1.165, 1.54) is 16.9 Å². The summed E-state index contributed by atoms with van der Waals surface area (Å²) >= 11 is 0. The molecule has 1 aliphatic heterocycles. The Morgan fingerprint density at radius 1 is 1.43 bits per heavy atom. The zero-order chi connectivity index (χ0) is 16.4. The van der Waals surface area contributed by atoms with Crippen molar-refractivity contribution in [1.82, 2.24) is 15.1 Å². The highest BCUT2D eigenvalue weighted by Gasteiger charge is 2.25. The summed E-state index contributed by atoms with van der Waals surface area (Å²) in [6.45, 7) is 1.74. The number of aromatic nitrogens is 2. The summed E-state index contributed by atoms with van der Waals surface area (Å²) in [5.41, 5.74) is 1.43. The lowest BCUT2D eigenvalue weighted by Crippen LogP contribution is -2.46. The zero-order valence-corrected chi connectivity index (χ0v) is 12.7. The van der Waals surface area contributed by atoms with Crippen LogP contribution in [0.25, 0.3) is 5.69 Å². The fourth-order valence-electron chi connectivity index (χ4n) is 2.62. The summed E-state index contributed by atoms with van der Waals surface area (Å²) in [6, 6.07) is 5.75. The summed E-state index contributed by atoms with van der Waals surface area (Å²) in [5, 5.41) is 9.55. The van der Waals surface area contributed by atoms with Crippen molar-refractivity contribution in [2.24, 2.45) is 0 Å². The summed E-state index contributed by atoms with van der Waals surface area (Å²) < 4.78 is 15.3. The van der Waals surface area contributed by atoms with Crippen LogP contribution in [0.1, 0.15) is 25.0 Å². The van der Waals surface area contributed by atoms with E-state index in [1.807, 2.05) is 0 Å². The first-order valence-corrected chi connectivity index (χ1v) is 7.46. The minimum absolute atomic E-state index is 0.116. The predicted octanol–water partition coefficient (Wildman–Crippen LogP) is 1.93. The number of nitrogens with one attached hydrogen (secondary N) is 2. The van der Waals surface area contributed by atoms with E-state index in [0.717, 1.165) is 0 Å². The Labute approximate surface area is 132 Å². The molecule has 1 fully saturated rings. The summed E-state index contributed by atoms with van der Waals surface area (Å²) in [6.07, 6.45) is 3.23. The van der Waals surface area contributed by atoms with Gasteiger partial charge in [0.05, 0.1) is 17.6 Å². The summed E-state index contributed by atoms with van der Waals surface area (Å²) in [7, 11) is 0. The van der Waals surface area contributed by atoms with E-state index in [2.05, 4.69) is 15.7 Å². The first-order valence-electron chi connectivity index (χ1n) is 7.46. The van der Waals surface area contributed by atoms with Crippen LogP contribution >= 0.6 is 0 Å². The largest absolute Gasteiger partial charge is 0.344 e. The molecule has 7 heteroatoms. The van der Waals surface area contributed by atoms with Crippen LogP contribution in [0.4, 0.5) is 10.1 Å². The summed E-state index contributed by atoms with van der Waals surface area (Å²) in [4.78, 5) is 23.6. The van der Waals surface area contributed by atoms with Gasteiger partial charge in [-0.05, 0) is 31.9 Å². The number of nitrogens with zero attached hydrogens (tertiary/aromatic N) is 2. The van der Waals surface area contributed by atoms with Crippen LogP contribution < -0.4 is 10.6 Å². The third-order valence-electron chi connectivity index (χ3n) is 3.90. The monoisotopic (exact) mass is 316 g/mol. The van der Waals surface area contributed by atoms with Crippen LogP contribution in [0, 0.1) is 12.7 Å². The van der Waals surface area contributed by atoms with Gasteiger partial charge in [0.25, 0.3) is 0 Å². The van der Waals surface area contributed by atoms with E-state index in [0.29, 0.717) is 36.3 Å². The number of carbonyl (C=O) groups excluding carboxylic acids is 2. The maximum absolute atomic E-state index is 13.9. The molecule has 3 rings (SSSR count). The van der Waals surface area contributed by atoms with Crippen molar-refractivity contribution in [2.75, 3.05) is 5.32 Å². The molecular formula is C16H17FN4O2. The highest BCUT2D eigenvalue weighted by Crippen LogP contribution is 2.21. The van der Waals surface area contributed by atoms with Gasteiger partial charge in [-0.1, -0.05) is 12.1 Å². The zero-order valence-electron chi connectivity index (χ0n) is 12.7.